The standard InChI is InChI=1S/C23H24O5/c1-23(2)8-7-14-17(28-23)6-5-13-9-15-16-10-19(24-3)20(25-4)11-18(16)26-12-21(15)27-22(13)14/h5-10,20-21H,11-12H2,1-4H3/t20?,21-/m1/s1. The Morgan fingerprint density at radius 1 is 1.14 bits per heavy atom. The van der Waals surface area contributed by atoms with Crippen LogP contribution in [0.15, 0.2) is 46.9 Å². The van der Waals surface area contributed by atoms with Crippen LogP contribution < -0.4 is 9.47 Å². The minimum Gasteiger partial charge on any atom is -0.498 e. The second kappa shape index (κ2) is 6.17. The topological polar surface area (TPSA) is 46.2 Å². The van der Waals surface area contributed by atoms with Gasteiger partial charge in [-0.2, -0.15) is 0 Å². The van der Waals surface area contributed by atoms with Gasteiger partial charge in [-0.25, -0.2) is 0 Å². The Hall–Kier alpha value is -2.66. The third-order valence-electron chi connectivity index (χ3n) is 5.64. The fraction of sp³-hybridized carbons (Fsp3) is 0.391. The van der Waals surface area contributed by atoms with E-state index in [4.69, 9.17) is 23.7 Å². The average molecular weight is 380 g/mol. The van der Waals surface area contributed by atoms with Crippen molar-refractivity contribution >= 4 is 12.2 Å². The number of hydrogen-bond acceptors (Lipinski definition) is 5. The molecule has 0 bridgehead atoms. The molecule has 3 heterocycles. The molecule has 5 rings (SSSR count). The summed E-state index contributed by atoms with van der Waals surface area (Å²) in [6.07, 6.45) is 8.77. The molecule has 1 aromatic carbocycles. The molecule has 5 nitrogen and oxygen atoms in total. The van der Waals surface area contributed by atoms with Crippen LogP contribution in [0.5, 0.6) is 11.5 Å². The highest BCUT2D eigenvalue weighted by Gasteiger charge is 2.37. The summed E-state index contributed by atoms with van der Waals surface area (Å²) < 4.78 is 29.6. The van der Waals surface area contributed by atoms with E-state index in [1.807, 2.05) is 26.0 Å². The van der Waals surface area contributed by atoms with Crippen LogP contribution in [0.2, 0.25) is 0 Å². The van der Waals surface area contributed by atoms with E-state index >= 15 is 0 Å². The van der Waals surface area contributed by atoms with Crippen molar-refractivity contribution in [3.63, 3.8) is 0 Å². The quantitative estimate of drug-likeness (QED) is 0.768. The van der Waals surface area contributed by atoms with Crippen LogP contribution in [-0.2, 0) is 14.2 Å². The van der Waals surface area contributed by atoms with Crippen molar-refractivity contribution in [3.8, 4) is 11.5 Å². The van der Waals surface area contributed by atoms with Gasteiger partial charge in [-0.1, -0.05) is 0 Å². The second-order valence-electron chi connectivity index (χ2n) is 7.97. The smallest absolute Gasteiger partial charge is 0.158 e. The van der Waals surface area contributed by atoms with Gasteiger partial charge in [0.2, 0.25) is 0 Å². The van der Waals surface area contributed by atoms with Crippen LogP contribution in [0.4, 0.5) is 0 Å². The summed E-state index contributed by atoms with van der Waals surface area (Å²) >= 11 is 0. The predicted octanol–water partition coefficient (Wildman–Crippen LogP) is 4.25. The van der Waals surface area contributed by atoms with Crippen molar-refractivity contribution in [2.45, 2.75) is 38.1 Å². The van der Waals surface area contributed by atoms with Gasteiger partial charge in [0.1, 0.15) is 41.3 Å². The summed E-state index contributed by atoms with van der Waals surface area (Å²) in [7, 11) is 3.36. The third-order valence-corrected chi connectivity index (χ3v) is 5.64. The number of fused-ring (bicyclic) bond motifs is 5. The lowest BCUT2D eigenvalue weighted by atomic mass is 9.87. The molecule has 2 atom stereocenters. The molecule has 146 valence electrons. The number of hydrogen-bond donors (Lipinski definition) is 0. The Morgan fingerprint density at radius 3 is 2.79 bits per heavy atom. The fourth-order valence-electron chi connectivity index (χ4n) is 4.17. The normalized spacial score (nSPS) is 26.3. The third kappa shape index (κ3) is 2.65. The van der Waals surface area contributed by atoms with Gasteiger partial charge in [0, 0.05) is 30.2 Å². The van der Waals surface area contributed by atoms with Crippen LogP contribution in [0.1, 0.15) is 31.4 Å². The summed E-state index contributed by atoms with van der Waals surface area (Å²) in [5, 5.41) is 0. The molecule has 0 saturated heterocycles. The van der Waals surface area contributed by atoms with Crippen LogP contribution >= 0.6 is 0 Å². The first-order valence-electron chi connectivity index (χ1n) is 9.57. The van der Waals surface area contributed by atoms with E-state index in [0.29, 0.717) is 13.0 Å². The lowest BCUT2D eigenvalue weighted by Gasteiger charge is -2.37. The van der Waals surface area contributed by atoms with Gasteiger partial charge >= 0.3 is 0 Å². The molecule has 0 amide bonds. The maximum atomic E-state index is 6.41. The van der Waals surface area contributed by atoms with Crippen molar-refractivity contribution in [1.29, 1.82) is 0 Å². The zero-order valence-corrected chi connectivity index (χ0v) is 16.6. The zero-order chi connectivity index (χ0) is 19.5. The zero-order valence-electron chi connectivity index (χ0n) is 16.6. The number of benzene rings is 1. The summed E-state index contributed by atoms with van der Waals surface area (Å²) in [6, 6.07) is 4.08. The largest absolute Gasteiger partial charge is 0.498 e. The molecule has 0 saturated carbocycles. The Kier molecular flexibility index (Phi) is 3.85. The first-order chi connectivity index (χ1) is 13.5. The monoisotopic (exact) mass is 380 g/mol. The van der Waals surface area contributed by atoms with Gasteiger partial charge in [0.05, 0.1) is 12.7 Å². The average Bonchev–Trinajstić information content (AvgIpc) is 2.70. The molecule has 4 aliphatic rings. The van der Waals surface area contributed by atoms with Gasteiger partial charge < -0.3 is 23.7 Å². The molecule has 1 unspecified atom stereocenters. The molecule has 5 heteroatoms. The number of rotatable bonds is 2. The fourth-order valence-corrected chi connectivity index (χ4v) is 4.17. The Labute approximate surface area is 164 Å². The molecule has 0 N–H and O–H groups in total. The van der Waals surface area contributed by atoms with Gasteiger partial charge in [0.15, 0.2) is 6.10 Å². The van der Waals surface area contributed by atoms with Gasteiger partial charge in [-0.15, -0.1) is 0 Å². The summed E-state index contributed by atoms with van der Waals surface area (Å²) in [4.78, 5) is 0. The maximum absolute atomic E-state index is 6.41. The van der Waals surface area contributed by atoms with E-state index in [0.717, 1.165) is 45.3 Å². The molecule has 0 radical (unpaired) electrons. The molecular weight excluding hydrogens is 356 g/mol. The highest BCUT2D eigenvalue weighted by molar-refractivity contribution is 5.78. The number of allylic oxidation sites excluding steroid dienone is 1. The molecule has 1 aliphatic carbocycles. The minimum absolute atomic E-state index is 0.115. The van der Waals surface area contributed by atoms with Gasteiger partial charge in [-0.3, -0.25) is 0 Å². The molecule has 1 aromatic rings. The van der Waals surface area contributed by atoms with Gasteiger partial charge in [-0.05, 0) is 50.3 Å². The first kappa shape index (κ1) is 17.4. The van der Waals surface area contributed by atoms with Crippen LogP contribution in [0.3, 0.4) is 0 Å². The lowest BCUT2D eigenvalue weighted by molar-refractivity contribution is 0.0413. The molecule has 0 spiro atoms. The van der Waals surface area contributed by atoms with E-state index in [9.17, 15) is 0 Å². The Morgan fingerprint density at radius 2 is 2.00 bits per heavy atom. The Bertz CT molecular complexity index is 963. The van der Waals surface area contributed by atoms with E-state index < -0.39 is 0 Å². The molecule has 0 aromatic heterocycles. The highest BCUT2D eigenvalue weighted by atomic mass is 16.5. The number of ether oxygens (including phenoxy) is 5. The van der Waals surface area contributed by atoms with Crippen molar-refractivity contribution < 1.29 is 23.7 Å². The van der Waals surface area contributed by atoms with Crippen LogP contribution in [0, 0.1) is 0 Å². The van der Waals surface area contributed by atoms with Crippen molar-refractivity contribution in [3.05, 3.63) is 58.1 Å². The lowest BCUT2D eigenvalue weighted by Crippen LogP contribution is -2.36. The Balaban J connectivity index is 1.58. The maximum Gasteiger partial charge on any atom is 0.158 e. The summed E-state index contributed by atoms with van der Waals surface area (Å²) in [5.41, 5.74) is 3.89. The SMILES string of the molecule is COC1=CC2=C(CC1OC)OC[C@H]1Oc3c(ccc4c3C=CC(C)(C)O4)C=C21. The minimum atomic E-state index is -0.314. The first-order valence-corrected chi connectivity index (χ1v) is 9.57. The van der Waals surface area contributed by atoms with Crippen LogP contribution in [0.25, 0.3) is 12.2 Å². The second-order valence-corrected chi connectivity index (χ2v) is 7.97. The molecular formula is C23H24O5. The van der Waals surface area contributed by atoms with E-state index in [2.05, 4.69) is 24.3 Å². The molecule has 3 aliphatic heterocycles. The predicted molar refractivity (Wildman–Crippen MR) is 106 cm³/mol. The highest BCUT2D eigenvalue weighted by Crippen LogP contribution is 2.46. The van der Waals surface area contributed by atoms with Crippen molar-refractivity contribution in [2.75, 3.05) is 20.8 Å². The van der Waals surface area contributed by atoms with Gasteiger partial charge in [0.25, 0.3) is 0 Å². The number of methoxy groups -OCH3 is 2. The summed E-state index contributed by atoms with van der Waals surface area (Å²) in [6.45, 7) is 4.57. The van der Waals surface area contributed by atoms with E-state index in [-0.39, 0.29) is 17.8 Å². The summed E-state index contributed by atoms with van der Waals surface area (Å²) in [5.74, 6) is 3.44. The van der Waals surface area contributed by atoms with Crippen LogP contribution in [-0.4, -0.2) is 38.6 Å². The molecule has 28 heavy (non-hydrogen) atoms. The van der Waals surface area contributed by atoms with E-state index in [1.54, 1.807) is 14.2 Å². The van der Waals surface area contributed by atoms with E-state index in [1.165, 1.54) is 0 Å². The molecule has 0 fully saturated rings. The van der Waals surface area contributed by atoms with Crippen molar-refractivity contribution in [1.82, 2.24) is 0 Å². The van der Waals surface area contributed by atoms with Crippen molar-refractivity contribution in [2.24, 2.45) is 0 Å².